The second-order valence-corrected chi connectivity index (χ2v) is 5.61. The van der Waals surface area contributed by atoms with Gasteiger partial charge in [0.1, 0.15) is 5.60 Å². The van der Waals surface area contributed by atoms with Crippen molar-refractivity contribution in [1.82, 2.24) is 5.32 Å². The van der Waals surface area contributed by atoms with Gasteiger partial charge in [-0.15, -0.1) is 0 Å². The highest BCUT2D eigenvalue weighted by Gasteiger charge is 2.26. The van der Waals surface area contributed by atoms with Gasteiger partial charge in [0.2, 0.25) is 0 Å². The molecule has 1 fully saturated rings. The third kappa shape index (κ3) is 5.39. The molecule has 1 rings (SSSR count). The van der Waals surface area contributed by atoms with Crippen molar-refractivity contribution in [1.29, 1.82) is 0 Å². The van der Waals surface area contributed by atoms with Crippen molar-refractivity contribution in [2.45, 2.75) is 58.6 Å². The highest BCUT2D eigenvalue weighted by molar-refractivity contribution is 5.68. The first-order chi connectivity index (χ1) is 7.92. The van der Waals surface area contributed by atoms with E-state index in [1.807, 2.05) is 20.8 Å². The quantitative estimate of drug-likeness (QED) is 0.829. The van der Waals surface area contributed by atoms with Crippen LogP contribution in [0, 0.1) is 5.92 Å². The molecule has 1 unspecified atom stereocenters. The molecular weight excluding hydrogens is 218 g/mol. The smallest absolute Gasteiger partial charge is 0.407 e. The molecule has 1 saturated heterocycles. The fraction of sp³-hybridized carbons (Fsp3) is 0.923. The van der Waals surface area contributed by atoms with E-state index in [-0.39, 0.29) is 12.1 Å². The van der Waals surface area contributed by atoms with Crippen LogP contribution in [-0.2, 0) is 9.47 Å². The minimum absolute atomic E-state index is 0.203. The van der Waals surface area contributed by atoms with E-state index in [2.05, 4.69) is 12.2 Å². The van der Waals surface area contributed by atoms with E-state index in [4.69, 9.17) is 9.47 Å². The Morgan fingerprint density at radius 3 is 2.47 bits per heavy atom. The van der Waals surface area contributed by atoms with Gasteiger partial charge in [-0.25, -0.2) is 4.79 Å². The van der Waals surface area contributed by atoms with Gasteiger partial charge in [0.25, 0.3) is 0 Å². The van der Waals surface area contributed by atoms with Crippen LogP contribution in [0.1, 0.15) is 47.0 Å². The van der Waals surface area contributed by atoms with E-state index in [1.165, 1.54) is 0 Å². The van der Waals surface area contributed by atoms with Crippen molar-refractivity contribution < 1.29 is 14.3 Å². The van der Waals surface area contributed by atoms with Gasteiger partial charge in [-0.2, -0.15) is 0 Å². The number of nitrogens with one attached hydrogen (secondary N) is 1. The predicted molar refractivity (Wildman–Crippen MR) is 67.0 cm³/mol. The summed E-state index contributed by atoms with van der Waals surface area (Å²) in [6.45, 7) is 9.33. The lowest BCUT2D eigenvalue weighted by Gasteiger charge is -2.31. The van der Waals surface area contributed by atoms with Gasteiger partial charge < -0.3 is 14.8 Å². The highest BCUT2D eigenvalue weighted by Crippen LogP contribution is 2.21. The molecular formula is C13H25NO3. The minimum Gasteiger partial charge on any atom is -0.444 e. The summed E-state index contributed by atoms with van der Waals surface area (Å²) in [5.74, 6) is 0.515. The molecule has 0 radical (unpaired) electrons. The van der Waals surface area contributed by atoms with Gasteiger partial charge in [0, 0.05) is 19.3 Å². The van der Waals surface area contributed by atoms with Crippen molar-refractivity contribution in [3.8, 4) is 0 Å². The second-order valence-electron chi connectivity index (χ2n) is 5.61. The predicted octanol–water partition coefficient (Wildman–Crippen LogP) is 2.72. The minimum atomic E-state index is -0.432. The summed E-state index contributed by atoms with van der Waals surface area (Å²) in [6.07, 6.45) is 2.67. The largest absolute Gasteiger partial charge is 0.444 e. The molecule has 0 aromatic rings. The average Bonchev–Trinajstić information content (AvgIpc) is 2.24. The molecule has 1 atom stereocenters. The monoisotopic (exact) mass is 243 g/mol. The van der Waals surface area contributed by atoms with Crippen molar-refractivity contribution in [2.75, 3.05) is 13.2 Å². The molecule has 0 bridgehead atoms. The van der Waals surface area contributed by atoms with Crippen molar-refractivity contribution in [3.63, 3.8) is 0 Å². The van der Waals surface area contributed by atoms with Crippen molar-refractivity contribution >= 4 is 6.09 Å². The van der Waals surface area contributed by atoms with E-state index < -0.39 is 5.60 Å². The number of hydrogen-bond acceptors (Lipinski definition) is 3. The van der Waals surface area contributed by atoms with Crippen LogP contribution in [0.2, 0.25) is 0 Å². The molecule has 1 heterocycles. The first-order valence-corrected chi connectivity index (χ1v) is 6.49. The third-order valence-corrected chi connectivity index (χ3v) is 2.98. The van der Waals surface area contributed by atoms with Crippen LogP contribution < -0.4 is 5.32 Å². The zero-order valence-electron chi connectivity index (χ0n) is 11.4. The van der Waals surface area contributed by atoms with Crippen molar-refractivity contribution in [2.24, 2.45) is 5.92 Å². The lowest BCUT2D eigenvalue weighted by molar-refractivity contribution is 0.0347. The summed E-state index contributed by atoms with van der Waals surface area (Å²) in [4.78, 5) is 11.7. The van der Waals surface area contributed by atoms with Crippen LogP contribution in [0.5, 0.6) is 0 Å². The van der Waals surface area contributed by atoms with E-state index in [1.54, 1.807) is 0 Å². The standard InChI is InChI=1S/C13H25NO3/c1-5-11(10-6-8-16-9-7-10)14-12(15)17-13(2,3)4/h10-11H,5-9H2,1-4H3,(H,14,15). The topological polar surface area (TPSA) is 47.6 Å². The first-order valence-electron chi connectivity index (χ1n) is 6.49. The Kier molecular flexibility index (Phi) is 5.25. The third-order valence-electron chi connectivity index (χ3n) is 2.98. The number of hydrogen-bond donors (Lipinski definition) is 1. The number of alkyl carbamates (subject to hydrolysis) is 1. The number of carbonyl (C=O) groups excluding carboxylic acids is 1. The first kappa shape index (κ1) is 14.3. The van der Waals surface area contributed by atoms with E-state index in [9.17, 15) is 4.79 Å². The lowest BCUT2D eigenvalue weighted by Crippen LogP contribution is -2.44. The lowest BCUT2D eigenvalue weighted by atomic mass is 9.90. The van der Waals surface area contributed by atoms with Crippen LogP contribution in [-0.4, -0.2) is 30.9 Å². The van der Waals surface area contributed by atoms with Gasteiger partial charge >= 0.3 is 6.09 Å². The molecule has 0 spiro atoms. The fourth-order valence-corrected chi connectivity index (χ4v) is 2.13. The Morgan fingerprint density at radius 1 is 1.41 bits per heavy atom. The summed E-state index contributed by atoms with van der Waals surface area (Å²) >= 11 is 0. The molecule has 100 valence electrons. The van der Waals surface area contributed by atoms with Crippen LogP contribution in [0.15, 0.2) is 0 Å². The van der Waals surface area contributed by atoms with Crippen molar-refractivity contribution in [3.05, 3.63) is 0 Å². The second kappa shape index (κ2) is 6.24. The Bertz CT molecular complexity index is 242. The molecule has 4 nitrogen and oxygen atoms in total. The number of rotatable bonds is 3. The van der Waals surface area contributed by atoms with E-state index in [0.29, 0.717) is 5.92 Å². The highest BCUT2D eigenvalue weighted by atomic mass is 16.6. The molecule has 1 amide bonds. The fourth-order valence-electron chi connectivity index (χ4n) is 2.13. The van der Waals surface area contributed by atoms with E-state index >= 15 is 0 Å². The van der Waals surface area contributed by atoms with Crippen LogP contribution in [0.25, 0.3) is 0 Å². The molecule has 17 heavy (non-hydrogen) atoms. The van der Waals surface area contributed by atoms with Crippen LogP contribution in [0.4, 0.5) is 4.79 Å². The number of ether oxygens (including phenoxy) is 2. The maximum atomic E-state index is 11.7. The molecule has 0 saturated carbocycles. The van der Waals surface area contributed by atoms with Gasteiger partial charge in [0.05, 0.1) is 0 Å². The SMILES string of the molecule is CCC(NC(=O)OC(C)(C)C)C1CCOCC1. The van der Waals surface area contributed by atoms with Gasteiger partial charge in [-0.1, -0.05) is 6.92 Å². The Balaban J connectivity index is 2.42. The normalized spacial score (nSPS) is 19.8. The van der Waals surface area contributed by atoms with Crippen LogP contribution in [0.3, 0.4) is 0 Å². The zero-order chi connectivity index (χ0) is 12.9. The Hall–Kier alpha value is -0.770. The summed E-state index contributed by atoms with van der Waals surface area (Å²) in [7, 11) is 0. The molecule has 0 aromatic carbocycles. The molecule has 0 aliphatic carbocycles. The van der Waals surface area contributed by atoms with Gasteiger partial charge in [-0.05, 0) is 46.0 Å². The van der Waals surface area contributed by atoms with E-state index in [0.717, 1.165) is 32.5 Å². The zero-order valence-corrected chi connectivity index (χ0v) is 11.4. The molecule has 1 N–H and O–H groups in total. The molecule has 1 aliphatic heterocycles. The average molecular weight is 243 g/mol. The summed E-state index contributed by atoms with van der Waals surface area (Å²) in [5, 5.41) is 2.98. The van der Waals surface area contributed by atoms with Gasteiger partial charge in [0.15, 0.2) is 0 Å². The molecule has 0 aromatic heterocycles. The maximum Gasteiger partial charge on any atom is 0.407 e. The Labute approximate surface area is 104 Å². The van der Waals surface area contributed by atoms with Crippen LogP contribution >= 0.6 is 0 Å². The maximum absolute atomic E-state index is 11.7. The Morgan fingerprint density at radius 2 is 2.00 bits per heavy atom. The molecule has 4 heteroatoms. The summed E-state index contributed by atoms with van der Waals surface area (Å²) in [6, 6.07) is 0.203. The van der Waals surface area contributed by atoms with Gasteiger partial charge in [-0.3, -0.25) is 0 Å². The number of carbonyl (C=O) groups is 1. The molecule has 1 aliphatic rings. The summed E-state index contributed by atoms with van der Waals surface area (Å²) in [5.41, 5.74) is -0.432. The summed E-state index contributed by atoms with van der Waals surface area (Å²) < 4.78 is 10.6. The number of amides is 1.